The Kier molecular flexibility index (Phi) is 6.52. The third-order valence-corrected chi connectivity index (χ3v) is 5.29. The first kappa shape index (κ1) is 19.5. The van der Waals surface area contributed by atoms with Gasteiger partial charge in [-0.25, -0.2) is 0 Å². The summed E-state index contributed by atoms with van der Waals surface area (Å²) in [6.07, 6.45) is 3.95. The maximum Gasteiger partial charge on any atom is 0.191 e. The molecule has 0 bridgehead atoms. The summed E-state index contributed by atoms with van der Waals surface area (Å²) >= 11 is 0. The van der Waals surface area contributed by atoms with E-state index < -0.39 is 0 Å². The lowest BCUT2D eigenvalue weighted by molar-refractivity contribution is 0.256. The fourth-order valence-electron chi connectivity index (χ4n) is 3.71. The molecule has 1 saturated heterocycles. The monoisotopic (exact) mass is 446 g/mol. The van der Waals surface area contributed by atoms with Gasteiger partial charge in [-0.1, -0.05) is 0 Å². The molecule has 2 aliphatic rings. The molecule has 0 radical (unpaired) electrons. The van der Waals surface area contributed by atoms with Crippen molar-refractivity contribution in [1.29, 1.82) is 0 Å². The summed E-state index contributed by atoms with van der Waals surface area (Å²) in [5.74, 6) is 0.891. The first-order chi connectivity index (χ1) is 11.0. The number of nitrogens with zero attached hydrogens (tertiary/aromatic N) is 4. The summed E-state index contributed by atoms with van der Waals surface area (Å²) in [6, 6.07) is 2.02. The summed E-state index contributed by atoms with van der Waals surface area (Å²) in [5.41, 5.74) is 3.55. The summed E-state index contributed by atoms with van der Waals surface area (Å²) in [7, 11) is 3.83. The fourth-order valence-corrected chi connectivity index (χ4v) is 3.71. The van der Waals surface area contributed by atoms with Crippen LogP contribution in [0.4, 0.5) is 0 Å². The van der Waals surface area contributed by atoms with Crippen LogP contribution in [-0.4, -0.2) is 52.4 Å². The predicted molar refractivity (Wildman–Crippen MR) is 109 cm³/mol. The van der Waals surface area contributed by atoms with Gasteiger partial charge in [-0.2, -0.15) is 5.10 Å². The van der Waals surface area contributed by atoms with E-state index in [0.717, 1.165) is 30.8 Å². The standard InChI is InChI=1S/C17H30N6.HI/c1-11-8-14(10-23(11)15-6-7-15)20-17(18-4)19-9-16-12(2)21-22(5)13(16)3;/h11,14-15H,6-10H2,1-5H3,(H2,18,19,20);1H. The molecule has 2 fully saturated rings. The highest BCUT2D eigenvalue weighted by atomic mass is 127. The molecule has 2 unspecified atom stereocenters. The molecular weight excluding hydrogens is 415 g/mol. The number of hydrogen-bond acceptors (Lipinski definition) is 3. The van der Waals surface area contributed by atoms with Gasteiger partial charge in [0.25, 0.3) is 0 Å². The lowest BCUT2D eigenvalue weighted by Crippen LogP contribution is -2.44. The molecule has 3 rings (SSSR count). The Bertz CT molecular complexity index is 592. The second kappa shape index (κ2) is 8.03. The zero-order valence-corrected chi connectivity index (χ0v) is 17.8. The van der Waals surface area contributed by atoms with Crippen LogP contribution in [0.2, 0.25) is 0 Å². The minimum Gasteiger partial charge on any atom is -0.352 e. The van der Waals surface area contributed by atoms with E-state index in [9.17, 15) is 0 Å². The Hall–Kier alpha value is -0.830. The van der Waals surface area contributed by atoms with Gasteiger partial charge < -0.3 is 10.6 Å². The van der Waals surface area contributed by atoms with E-state index in [2.05, 4.69) is 46.4 Å². The molecule has 0 spiro atoms. The Morgan fingerprint density at radius 2 is 2.04 bits per heavy atom. The quantitative estimate of drug-likeness (QED) is 0.422. The van der Waals surface area contributed by atoms with E-state index in [4.69, 9.17) is 0 Å². The van der Waals surface area contributed by atoms with Crippen LogP contribution in [-0.2, 0) is 13.6 Å². The SMILES string of the molecule is CN=C(NCc1c(C)nn(C)c1C)NC1CC(C)N(C2CC2)C1.I. The largest absolute Gasteiger partial charge is 0.352 e. The van der Waals surface area contributed by atoms with Crippen LogP contribution in [0.5, 0.6) is 0 Å². The van der Waals surface area contributed by atoms with Gasteiger partial charge >= 0.3 is 0 Å². The average Bonchev–Trinajstić information content (AvgIpc) is 3.24. The molecule has 1 aromatic rings. The molecule has 6 nitrogen and oxygen atoms in total. The van der Waals surface area contributed by atoms with Crippen molar-refractivity contribution in [2.75, 3.05) is 13.6 Å². The zero-order valence-electron chi connectivity index (χ0n) is 15.5. The van der Waals surface area contributed by atoms with Gasteiger partial charge in [-0.15, -0.1) is 24.0 Å². The topological polar surface area (TPSA) is 57.5 Å². The first-order valence-corrected chi connectivity index (χ1v) is 8.71. The maximum absolute atomic E-state index is 4.47. The van der Waals surface area contributed by atoms with E-state index in [1.165, 1.54) is 30.5 Å². The number of hydrogen-bond donors (Lipinski definition) is 2. The first-order valence-electron chi connectivity index (χ1n) is 8.71. The van der Waals surface area contributed by atoms with Crippen molar-refractivity contribution in [3.8, 4) is 0 Å². The van der Waals surface area contributed by atoms with E-state index in [1.54, 1.807) is 0 Å². The lowest BCUT2D eigenvalue weighted by atomic mass is 10.2. The number of halogens is 1. The van der Waals surface area contributed by atoms with Gasteiger partial charge in [0.15, 0.2) is 5.96 Å². The van der Waals surface area contributed by atoms with Crippen LogP contribution in [0.1, 0.15) is 43.1 Å². The maximum atomic E-state index is 4.47. The van der Waals surface area contributed by atoms with Gasteiger partial charge in [0.05, 0.1) is 5.69 Å². The molecule has 1 aliphatic heterocycles. The van der Waals surface area contributed by atoms with Crippen LogP contribution in [0.25, 0.3) is 0 Å². The van der Waals surface area contributed by atoms with Crippen molar-refractivity contribution in [3.63, 3.8) is 0 Å². The molecule has 24 heavy (non-hydrogen) atoms. The lowest BCUT2D eigenvalue weighted by Gasteiger charge is -2.20. The van der Waals surface area contributed by atoms with Crippen molar-refractivity contribution in [3.05, 3.63) is 17.0 Å². The molecule has 1 saturated carbocycles. The van der Waals surface area contributed by atoms with Gasteiger partial charge in [-0.05, 0) is 40.0 Å². The van der Waals surface area contributed by atoms with Gasteiger partial charge in [0.1, 0.15) is 0 Å². The normalized spacial score (nSPS) is 24.8. The molecular formula is C17H31IN6. The van der Waals surface area contributed by atoms with Crippen molar-refractivity contribution in [2.45, 2.75) is 64.7 Å². The molecule has 7 heteroatoms. The smallest absolute Gasteiger partial charge is 0.191 e. The number of aliphatic imine (C=N–C) groups is 1. The number of guanidine groups is 1. The van der Waals surface area contributed by atoms with Crippen molar-refractivity contribution in [1.82, 2.24) is 25.3 Å². The summed E-state index contributed by atoms with van der Waals surface area (Å²) in [4.78, 5) is 7.05. The third-order valence-electron chi connectivity index (χ3n) is 5.29. The Morgan fingerprint density at radius 3 is 2.58 bits per heavy atom. The van der Waals surface area contributed by atoms with Gasteiger partial charge in [0, 0.05) is 56.6 Å². The third kappa shape index (κ3) is 4.22. The van der Waals surface area contributed by atoms with Crippen LogP contribution in [0.3, 0.4) is 0 Å². The van der Waals surface area contributed by atoms with E-state index >= 15 is 0 Å². The number of likely N-dealkylation sites (tertiary alicyclic amines) is 1. The number of aryl methyl sites for hydroxylation is 2. The molecule has 136 valence electrons. The molecule has 2 heterocycles. The highest BCUT2D eigenvalue weighted by Crippen LogP contribution is 2.33. The van der Waals surface area contributed by atoms with Crippen LogP contribution in [0, 0.1) is 13.8 Å². The molecule has 2 N–H and O–H groups in total. The summed E-state index contributed by atoms with van der Waals surface area (Å²) < 4.78 is 1.94. The average molecular weight is 446 g/mol. The highest BCUT2D eigenvalue weighted by Gasteiger charge is 2.38. The molecule has 0 aromatic carbocycles. The highest BCUT2D eigenvalue weighted by molar-refractivity contribution is 14.0. The number of rotatable bonds is 4. The van der Waals surface area contributed by atoms with Crippen LogP contribution < -0.4 is 10.6 Å². The van der Waals surface area contributed by atoms with E-state index in [0.29, 0.717) is 12.1 Å². The fraction of sp³-hybridized carbons (Fsp3) is 0.765. The summed E-state index contributed by atoms with van der Waals surface area (Å²) in [5, 5.41) is 11.5. The zero-order chi connectivity index (χ0) is 16.6. The van der Waals surface area contributed by atoms with Crippen molar-refractivity contribution < 1.29 is 0 Å². The molecule has 0 amide bonds. The second-order valence-electron chi connectivity index (χ2n) is 7.05. The van der Waals surface area contributed by atoms with Gasteiger partial charge in [0.2, 0.25) is 0 Å². The van der Waals surface area contributed by atoms with Crippen LogP contribution in [0.15, 0.2) is 4.99 Å². The number of aromatic nitrogens is 2. The van der Waals surface area contributed by atoms with Crippen molar-refractivity contribution >= 4 is 29.9 Å². The Labute approximate surface area is 162 Å². The minimum atomic E-state index is 0. The minimum absolute atomic E-state index is 0. The van der Waals surface area contributed by atoms with Gasteiger partial charge in [-0.3, -0.25) is 14.6 Å². The molecule has 1 aliphatic carbocycles. The number of nitrogens with one attached hydrogen (secondary N) is 2. The second-order valence-corrected chi connectivity index (χ2v) is 7.05. The Morgan fingerprint density at radius 1 is 1.33 bits per heavy atom. The molecule has 2 atom stereocenters. The van der Waals surface area contributed by atoms with Crippen molar-refractivity contribution in [2.24, 2.45) is 12.0 Å². The predicted octanol–water partition coefficient (Wildman–Crippen LogP) is 1.95. The summed E-state index contributed by atoms with van der Waals surface area (Å²) in [6.45, 7) is 8.42. The molecule has 1 aromatic heterocycles. The van der Waals surface area contributed by atoms with E-state index in [1.807, 2.05) is 18.8 Å². The van der Waals surface area contributed by atoms with E-state index in [-0.39, 0.29) is 24.0 Å². The Balaban J connectivity index is 0.00000208. The van der Waals surface area contributed by atoms with Crippen LogP contribution >= 0.6 is 24.0 Å².